The van der Waals surface area contributed by atoms with Crippen molar-refractivity contribution in [3.63, 3.8) is 0 Å². The van der Waals surface area contributed by atoms with Crippen LogP contribution in [0.4, 0.5) is 5.69 Å². The number of amidine groups is 1. The number of hydrogen-bond donors (Lipinski definition) is 1. The number of carbonyl (C=O) groups is 3. The molecule has 0 atom stereocenters. The molecule has 22 heavy (non-hydrogen) atoms. The van der Waals surface area contributed by atoms with Crippen molar-refractivity contribution in [2.45, 2.75) is 0 Å². The van der Waals surface area contributed by atoms with Crippen LogP contribution in [0.5, 0.6) is 0 Å². The first-order valence-electron chi connectivity index (χ1n) is 6.10. The summed E-state index contributed by atoms with van der Waals surface area (Å²) in [6.07, 6.45) is 1.11. The van der Waals surface area contributed by atoms with E-state index in [1.165, 1.54) is 43.3 Å². The third-order valence-corrected chi connectivity index (χ3v) is 3.85. The third kappa shape index (κ3) is 3.34. The molecule has 1 fully saturated rings. The van der Waals surface area contributed by atoms with Crippen molar-refractivity contribution >= 4 is 40.5 Å². The van der Waals surface area contributed by atoms with Gasteiger partial charge in [-0.05, 0) is 36.0 Å². The third-order valence-electron chi connectivity index (χ3n) is 2.79. The number of hydrogen-bond acceptors (Lipinski definition) is 6. The first kappa shape index (κ1) is 15.8. The number of amides is 1. The number of likely N-dealkylation sites (N-methyl/N-ethyl adjacent to an activating group) is 1. The molecule has 0 bridgehead atoms. The maximum Gasteiger partial charge on any atom is 0.335 e. The van der Waals surface area contributed by atoms with Gasteiger partial charge in [0, 0.05) is 13.1 Å². The Morgan fingerprint density at radius 3 is 2.50 bits per heavy atom. The molecular formula is C14H12N2O5S. The molecule has 1 heterocycles. The van der Waals surface area contributed by atoms with Gasteiger partial charge < -0.3 is 9.84 Å². The Morgan fingerprint density at radius 2 is 1.95 bits per heavy atom. The summed E-state index contributed by atoms with van der Waals surface area (Å²) >= 11 is 1.05. The maximum atomic E-state index is 12.0. The molecule has 1 aromatic rings. The number of esters is 1. The van der Waals surface area contributed by atoms with E-state index in [4.69, 9.17) is 5.11 Å². The van der Waals surface area contributed by atoms with Crippen molar-refractivity contribution in [2.24, 2.45) is 4.99 Å². The molecule has 1 aliphatic rings. The SMILES string of the molecule is COC(=O)/C=C1\SC(=Nc2ccc(C(=O)O)cc2)N(C)C1=O. The monoisotopic (exact) mass is 320 g/mol. The summed E-state index contributed by atoms with van der Waals surface area (Å²) in [4.78, 5) is 39.8. The van der Waals surface area contributed by atoms with Crippen molar-refractivity contribution in [3.05, 3.63) is 40.8 Å². The lowest BCUT2D eigenvalue weighted by atomic mass is 10.2. The highest BCUT2D eigenvalue weighted by atomic mass is 32.2. The summed E-state index contributed by atoms with van der Waals surface area (Å²) in [5, 5.41) is 9.23. The van der Waals surface area contributed by atoms with Gasteiger partial charge in [-0.1, -0.05) is 0 Å². The number of carboxylic acids is 1. The van der Waals surface area contributed by atoms with Crippen molar-refractivity contribution in [3.8, 4) is 0 Å². The number of carbonyl (C=O) groups excluding carboxylic acids is 2. The van der Waals surface area contributed by atoms with E-state index in [1.807, 2.05) is 0 Å². The lowest BCUT2D eigenvalue weighted by molar-refractivity contribution is -0.135. The normalized spacial score (nSPS) is 18.1. The Bertz CT molecular complexity index is 694. The van der Waals surface area contributed by atoms with Crippen LogP contribution in [0.1, 0.15) is 10.4 Å². The van der Waals surface area contributed by atoms with Crippen LogP contribution in [0.25, 0.3) is 0 Å². The van der Waals surface area contributed by atoms with Crippen molar-refractivity contribution in [2.75, 3.05) is 14.2 Å². The Morgan fingerprint density at radius 1 is 1.32 bits per heavy atom. The second kappa shape index (κ2) is 6.44. The Labute approximate surface area is 130 Å². The van der Waals surface area contributed by atoms with Crippen LogP contribution in [-0.4, -0.2) is 47.2 Å². The first-order chi connectivity index (χ1) is 10.4. The predicted octanol–water partition coefficient (Wildman–Crippen LogP) is 1.63. The fourth-order valence-corrected chi connectivity index (χ4v) is 2.55. The van der Waals surface area contributed by atoms with E-state index >= 15 is 0 Å². The summed E-state index contributed by atoms with van der Waals surface area (Å²) in [6.45, 7) is 0. The lowest BCUT2D eigenvalue weighted by Gasteiger charge is -2.07. The van der Waals surface area contributed by atoms with Crippen LogP contribution < -0.4 is 0 Å². The highest BCUT2D eigenvalue weighted by Crippen LogP contribution is 2.31. The molecule has 1 aromatic carbocycles. The van der Waals surface area contributed by atoms with Gasteiger partial charge >= 0.3 is 11.9 Å². The molecule has 1 amide bonds. The number of rotatable bonds is 3. The molecule has 2 rings (SSSR count). The van der Waals surface area contributed by atoms with Crippen molar-refractivity contribution in [1.82, 2.24) is 4.90 Å². The van der Waals surface area contributed by atoms with Gasteiger partial charge in [-0.2, -0.15) is 0 Å². The lowest BCUT2D eigenvalue weighted by Crippen LogP contribution is -2.23. The number of nitrogens with zero attached hydrogens (tertiary/aromatic N) is 2. The highest BCUT2D eigenvalue weighted by molar-refractivity contribution is 8.18. The maximum absolute atomic E-state index is 12.0. The number of aromatic carboxylic acids is 1. The van der Waals surface area contributed by atoms with E-state index in [0.717, 1.165) is 17.8 Å². The predicted molar refractivity (Wildman–Crippen MR) is 81.0 cm³/mol. The zero-order valence-corrected chi connectivity index (χ0v) is 12.6. The molecule has 0 saturated carbocycles. The fraction of sp³-hybridized carbons (Fsp3) is 0.143. The standard InChI is InChI=1S/C14H12N2O5S/c1-16-12(18)10(7-11(17)21-2)22-14(16)15-9-5-3-8(4-6-9)13(19)20/h3-7H,1-2H3,(H,19,20)/b10-7-,15-14?. The number of thioether (sulfide) groups is 1. The number of ether oxygens (including phenoxy) is 1. The van der Waals surface area contributed by atoms with Crippen LogP contribution in [-0.2, 0) is 14.3 Å². The molecule has 0 spiro atoms. The number of benzene rings is 1. The van der Waals surface area contributed by atoms with Gasteiger partial charge in [0.15, 0.2) is 5.17 Å². The Kier molecular flexibility index (Phi) is 4.62. The topological polar surface area (TPSA) is 96.3 Å². The van der Waals surface area contributed by atoms with Gasteiger partial charge in [0.1, 0.15) is 0 Å². The molecule has 0 aliphatic carbocycles. The first-order valence-corrected chi connectivity index (χ1v) is 6.91. The van der Waals surface area contributed by atoms with Gasteiger partial charge in [-0.3, -0.25) is 9.69 Å². The molecule has 8 heteroatoms. The Hall–Kier alpha value is -2.61. The minimum atomic E-state index is -1.02. The smallest absolute Gasteiger partial charge is 0.335 e. The molecule has 1 aliphatic heterocycles. The van der Waals surface area contributed by atoms with Crippen LogP contribution in [0.15, 0.2) is 40.2 Å². The molecular weight excluding hydrogens is 308 g/mol. The van der Waals surface area contributed by atoms with E-state index in [0.29, 0.717) is 10.9 Å². The largest absolute Gasteiger partial charge is 0.478 e. The minimum absolute atomic E-state index is 0.152. The minimum Gasteiger partial charge on any atom is -0.478 e. The zero-order chi connectivity index (χ0) is 16.3. The molecule has 0 aromatic heterocycles. The second-order valence-corrected chi connectivity index (χ2v) is 5.25. The van der Waals surface area contributed by atoms with E-state index in [1.54, 1.807) is 0 Å². The van der Waals surface area contributed by atoms with Crippen LogP contribution in [0.2, 0.25) is 0 Å². The summed E-state index contributed by atoms with van der Waals surface area (Å²) in [5.74, 6) is -1.99. The quantitative estimate of drug-likeness (QED) is 0.672. The van der Waals surface area contributed by atoms with Crippen molar-refractivity contribution in [1.29, 1.82) is 0 Å². The van der Waals surface area contributed by atoms with E-state index < -0.39 is 11.9 Å². The molecule has 114 valence electrons. The fourth-order valence-electron chi connectivity index (χ4n) is 1.61. The number of carboxylic acid groups (broad SMARTS) is 1. The summed E-state index contributed by atoms with van der Waals surface area (Å²) in [6, 6.07) is 5.93. The zero-order valence-electron chi connectivity index (χ0n) is 11.8. The number of methoxy groups -OCH3 is 1. The van der Waals surface area contributed by atoms with Crippen LogP contribution in [0, 0.1) is 0 Å². The van der Waals surface area contributed by atoms with Gasteiger partial charge in [0.25, 0.3) is 5.91 Å². The van der Waals surface area contributed by atoms with Gasteiger partial charge in [0.05, 0.1) is 23.3 Å². The van der Waals surface area contributed by atoms with E-state index in [-0.39, 0.29) is 16.4 Å². The average molecular weight is 320 g/mol. The molecule has 1 saturated heterocycles. The average Bonchev–Trinajstić information content (AvgIpc) is 2.76. The highest BCUT2D eigenvalue weighted by Gasteiger charge is 2.31. The molecule has 7 nitrogen and oxygen atoms in total. The van der Waals surface area contributed by atoms with Gasteiger partial charge in [-0.25, -0.2) is 14.6 Å². The van der Waals surface area contributed by atoms with Crippen LogP contribution >= 0.6 is 11.8 Å². The molecule has 0 unspecified atom stereocenters. The summed E-state index contributed by atoms with van der Waals surface area (Å²) < 4.78 is 4.49. The molecule has 1 N–H and O–H groups in total. The Balaban J connectivity index is 2.25. The van der Waals surface area contributed by atoms with Crippen molar-refractivity contribution < 1.29 is 24.2 Å². The summed E-state index contributed by atoms with van der Waals surface area (Å²) in [7, 11) is 2.77. The van der Waals surface area contributed by atoms with E-state index in [9.17, 15) is 14.4 Å². The second-order valence-electron chi connectivity index (χ2n) is 4.24. The van der Waals surface area contributed by atoms with Gasteiger partial charge in [0.2, 0.25) is 0 Å². The van der Waals surface area contributed by atoms with Gasteiger partial charge in [-0.15, -0.1) is 0 Å². The van der Waals surface area contributed by atoms with E-state index in [2.05, 4.69) is 9.73 Å². The molecule has 0 radical (unpaired) electrons. The number of aliphatic imine (C=N–C) groups is 1. The summed E-state index contributed by atoms with van der Waals surface area (Å²) in [5.41, 5.74) is 0.658. The van der Waals surface area contributed by atoms with Crippen LogP contribution in [0.3, 0.4) is 0 Å².